The first-order chi connectivity index (χ1) is 13.1. The first-order valence-electron chi connectivity index (χ1n) is 10.2. The normalized spacial score (nSPS) is 22.6. The van der Waals surface area contributed by atoms with Crippen molar-refractivity contribution in [3.63, 3.8) is 0 Å². The monoisotopic (exact) mass is 383 g/mol. The number of phenols is 2. The van der Waals surface area contributed by atoms with Crippen LogP contribution in [-0.2, 0) is 11.2 Å². The van der Waals surface area contributed by atoms with Gasteiger partial charge in [0.25, 0.3) is 0 Å². The molecule has 1 aliphatic heterocycles. The summed E-state index contributed by atoms with van der Waals surface area (Å²) >= 11 is 0. The van der Waals surface area contributed by atoms with E-state index in [-0.39, 0.29) is 29.2 Å². The molecule has 0 aromatic heterocycles. The third-order valence-corrected chi connectivity index (χ3v) is 6.73. The smallest absolute Gasteiger partial charge is 0.219 e. The van der Waals surface area contributed by atoms with E-state index in [1.54, 1.807) is 6.92 Å². The minimum absolute atomic E-state index is 0.0467. The van der Waals surface area contributed by atoms with E-state index >= 15 is 0 Å². The van der Waals surface area contributed by atoms with Crippen LogP contribution < -0.4 is 0 Å². The highest BCUT2D eigenvalue weighted by Crippen LogP contribution is 2.49. The van der Waals surface area contributed by atoms with Crippen molar-refractivity contribution in [3.8, 4) is 11.5 Å². The van der Waals surface area contributed by atoms with Gasteiger partial charge < -0.3 is 15.1 Å². The SMILES string of the molecule is C=C(C)C1CCC(C)=CC1c1c(O)c(C)c(CC2CN(C(C)=O)C2)c(C)c1O. The lowest BCUT2D eigenvalue weighted by Gasteiger charge is -2.39. The number of hydrogen-bond acceptors (Lipinski definition) is 3. The quantitative estimate of drug-likeness (QED) is 0.738. The lowest BCUT2D eigenvalue weighted by Crippen LogP contribution is -2.49. The zero-order chi connectivity index (χ0) is 20.7. The number of likely N-dealkylation sites (tertiary alicyclic amines) is 1. The molecule has 2 aliphatic rings. The molecular weight excluding hydrogens is 350 g/mol. The summed E-state index contributed by atoms with van der Waals surface area (Å²) in [7, 11) is 0. The van der Waals surface area contributed by atoms with E-state index < -0.39 is 0 Å². The molecular formula is C24H33NO3. The number of amides is 1. The van der Waals surface area contributed by atoms with E-state index in [9.17, 15) is 15.0 Å². The molecule has 152 valence electrons. The molecule has 1 aromatic carbocycles. The number of phenolic OH excluding ortho intramolecular Hbond substituents is 2. The van der Waals surface area contributed by atoms with Crippen molar-refractivity contribution >= 4 is 5.91 Å². The fraction of sp³-hybridized carbons (Fsp3) is 0.542. The molecule has 2 N–H and O–H groups in total. The van der Waals surface area contributed by atoms with Crippen LogP contribution >= 0.6 is 0 Å². The van der Waals surface area contributed by atoms with Gasteiger partial charge in [-0.25, -0.2) is 0 Å². The Kier molecular flexibility index (Phi) is 5.60. The minimum atomic E-state index is -0.0467. The van der Waals surface area contributed by atoms with E-state index in [0.29, 0.717) is 11.5 Å². The van der Waals surface area contributed by atoms with Gasteiger partial charge in [-0.3, -0.25) is 4.79 Å². The highest BCUT2D eigenvalue weighted by Gasteiger charge is 2.34. The largest absolute Gasteiger partial charge is 0.507 e. The molecule has 3 rings (SSSR count). The maximum atomic E-state index is 11.4. The van der Waals surface area contributed by atoms with Crippen LogP contribution in [0.5, 0.6) is 11.5 Å². The Bertz CT molecular complexity index is 817. The van der Waals surface area contributed by atoms with Gasteiger partial charge >= 0.3 is 0 Å². The van der Waals surface area contributed by atoms with Crippen molar-refractivity contribution in [2.24, 2.45) is 11.8 Å². The van der Waals surface area contributed by atoms with Crippen LogP contribution in [-0.4, -0.2) is 34.1 Å². The Balaban J connectivity index is 1.97. The summed E-state index contributed by atoms with van der Waals surface area (Å²) in [6.45, 7) is 15.3. The predicted octanol–water partition coefficient (Wildman–Crippen LogP) is 4.75. The second-order valence-electron chi connectivity index (χ2n) is 8.86. The second-order valence-corrected chi connectivity index (χ2v) is 8.86. The average Bonchev–Trinajstić information content (AvgIpc) is 2.58. The standard InChI is InChI=1S/C24H33NO3/c1-13(2)19-8-7-14(3)9-21(19)22-23(27)15(4)20(16(5)24(22)28)10-18-11-25(12-18)17(6)26/h9,18-19,21,27-28H,1,7-8,10-12H2,2-6H3. The van der Waals surface area contributed by atoms with Gasteiger partial charge in [0.1, 0.15) is 11.5 Å². The van der Waals surface area contributed by atoms with Crippen molar-refractivity contribution in [2.45, 2.75) is 59.8 Å². The lowest BCUT2D eigenvalue weighted by atomic mass is 9.72. The zero-order valence-corrected chi connectivity index (χ0v) is 17.8. The van der Waals surface area contributed by atoms with E-state index in [1.807, 2.05) is 25.7 Å². The summed E-state index contributed by atoms with van der Waals surface area (Å²) in [5.74, 6) is 1.09. The van der Waals surface area contributed by atoms with Crippen molar-refractivity contribution in [2.75, 3.05) is 13.1 Å². The van der Waals surface area contributed by atoms with E-state index in [0.717, 1.165) is 54.6 Å². The number of aromatic hydroxyl groups is 2. The van der Waals surface area contributed by atoms with Crippen LogP contribution in [0, 0.1) is 25.7 Å². The molecule has 1 saturated heterocycles. The summed E-state index contributed by atoms with van der Waals surface area (Å²) in [4.78, 5) is 13.3. The van der Waals surface area contributed by atoms with Crippen molar-refractivity contribution in [3.05, 3.63) is 46.1 Å². The summed E-state index contributed by atoms with van der Waals surface area (Å²) < 4.78 is 0. The number of carbonyl (C=O) groups is 1. The Labute approximate surface area is 168 Å². The predicted molar refractivity (Wildman–Crippen MR) is 113 cm³/mol. The zero-order valence-electron chi connectivity index (χ0n) is 17.8. The third kappa shape index (κ3) is 3.57. The Morgan fingerprint density at radius 1 is 1.14 bits per heavy atom. The molecule has 0 saturated carbocycles. The maximum Gasteiger partial charge on any atom is 0.219 e. The molecule has 1 heterocycles. The molecule has 1 aromatic rings. The van der Waals surface area contributed by atoms with Crippen LogP contribution in [0.3, 0.4) is 0 Å². The minimum Gasteiger partial charge on any atom is -0.507 e. The van der Waals surface area contributed by atoms with Crippen LogP contribution in [0.4, 0.5) is 0 Å². The molecule has 1 aliphatic carbocycles. The first-order valence-corrected chi connectivity index (χ1v) is 10.2. The first kappa shape index (κ1) is 20.5. The fourth-order valence-corrected chi connectivity index (χ4v) is 4.86. The van der Waals surface area contributed by atoms with Gasteiger partial charge in [-0.2, -0.15) is 0 Å². The molecule has 1 amide bonds. The molecule has 4 heteroatoms. The highest BCUT2D eigenvalue weighted by molar-refractivity contribution is 5.74. The van der Waals surface area contributed by atoms with Crippen LogP contribution in [0.25, 0.3) is 0 Å². The molecule has 2 unspecified atom stereocenters. The molecule has 0 spiro atoms. The molecule has 4 nitrogen and oxygen atoms in total. The Hall–Kier alpha value is -2.23. The van der Waals surface area contributed by atoms with Crippen LogP contribution in [0.1, 0.15) is 61.8 Å². The third-order valence-electron chi connectivity index (χ3n) is 6.73. The Morgan fingerprint density at radius 3 is 2.21 bits per heavy atom. The van der Waals surface area contributed by atoms with Gasteiger partial charge in [0.15, 0.2) is 0 Å². The van der Waals surface area contributed by atoms with Gasteiger partial charge in [-0.1, -0.05) is 23.8 Å². The average molecular weight is 384 g/mol. The van der Waals surface area contributed by atoms with Crippen molar-refractivity contribution < 1.29 is 15.0 Å². The number of benzene rings is 1. The van der Waals surface area contributed by atoms with E-state index in [1.165, 1.54) is 5.57 Å². The molecule has 28 heavy (non-hydrogen) atoms. The van der Waals surface area contributed by atoms with Crippen LogP contribution in [0.2, 0.25) is 0 Å². The number of rotatable bonds is 4. The number of nitrogens with zero attached hydrogens (tertiary/aromatic N) is 1. The van der Waals surface area contributed by atoms with Gasteiger partial charge in [0.05, 0.1) is 0 Å². The topological polar surface area (TPSA) is 60.8 Å². The maximum absolute atomic E-state index is 11.4. The molecule has 2 atom stereocenters. The number of hydrogen-bond donors (Lipinski definition) is 2. The van der Waals surface area contributed by atoms with Crippen LogP contribution in [0.15, 0.2) is 23.8 Å². The van der Waals surface area contributed by atoms with Gasteiger partial charge in [-0.05, 0) is 75.5 Å². The lowest BCUT2D eigenvalue weighted by molar-refractivity contribution is -0.134. The fourth-order valence-electron chi connectivity index (χ4n) is 4.86. The van der Waals surface area contributed by atoms with Gasteiger partial charge in [-0.15, -0.1) is 0 Å². The van der Waals surface area contributed by atoms with Crippen molar-refractivity contribution in [1.82, 2.24) is 4.90 Å². The Morgan fingerprint density at radius 2 is 1.71 bits per heavy atom. The molecule has 0 bridgehead atoms. The summed E-state index contributed by atoms with van der Waals surface area (Å²) in [5.41, 5.74) is 5.73. The van der Waals surface area contributed by atoms with Crippen molar-refractivity contribution in [1.29, 1.82) is 0 Å². The van der Waals surface area contributed by atoms with Gasteiger partial charge in [0, 0.05) is 31.5 Å². The molecule has 1 fully saturated rings. The molecule has 0 radical (unpaired) electrons. The number of carbonyl (C=O) groups excluding carboxylic acids is 1. The number of allylic oxidation sites excluding steroid dienone is 3. The van der Waals surface area contributed by atoms with E-state index in [4.69, 9.17) is 0 Å². The van der Waals surface area contributed by atoms with Gasteiger partial charge in [0.2, 0.25) is 5.91 Å². The summed E-state index contributed by atoms with van der Waals surface area (Å²) in [6, 6.07) is 0. The summed E-state index contributed by atoms with van der Waals surface area (Å²) in [6.07, 6.45) is 4.98. The highest BCUT2D eigenvalue weighted by atomic mass is 16.3. The summed E-state index contributed by atoms with van der Waals surface area (Å²) in [5, 5.41) is 22.2. The van der Waals surface area contributed by atoms with E-state index in [2.05, 4.69) is 19.6 Å². The second kappa shape index (κ2) is 7.65.